The van der Waals surface area contributed by atoms with E-state index in [1.807, 2.05) is 155 Å². The molecule has 0 unspecified atom stereocenters. The van der Waals surface area contributed by atoms with E-state index in [0.717, 1.165) is 56.0 Å². The molecule has 0 bridgehead atoms. The number of rotatable bonds is 14. The molecule has 14 heteroatoms. The van der Waals surface area contributed by atoms with E-state index in [1.54, 1.807) is 38.5 Å². The maximum Gasteiger partial charge on any atom is 0.253 e. The minimum atomic E-state index is -0.761. The highest BCUT2D eigenvalue weighted by molar-refractivity contribution is 6.31. The first-order valence-corrected chi connectivity index (χ1v) is 26.0. The molecule has 388 valence electrons. The van der Waals surface area contributed by atoms with Crippen LogP contribution < -0.4 is 9.47 Å². The number of nitrogens with zero attached hydrogens (tertiary/aromatic N) is 2. The van der Waals surface area contributed by atoms with Crippen LogP contribution in [0.5, 0.6) is 11.5 Å². The number of benzene rings is 8. The maximum absolute atomic E-state index is 14.1. The van der Waals surface area contributed by atoms with Gasteiger partial charge in [-0.1, -0.05) is 143 Å². The van der Waals surface area contributed by atoms with E-state index < -0.39 is 36.5 Å². The van der Waals surface area contributed by atoms with Gasteiger partial charge in [0.25, 0.3) is 11.8 Å². The fourth-order valence-corrected chi connectivity index (χ4v) is 10.1. The fraction of sp³-hybridized carbons (Fsp3) is 0.194. The van der Waals surface area contributed by atoms with Crippen LogP contribution in [0.2, 0.25) is 20.1 Å². The van der Waals surface area contributed by atoms with Crippen molar-refractivity contribution in [3.63, 3.8) is 0 Å². The molecule has 2 fully saturated rings. The van der Waals surface area contributed by atoms with E-state index in [9.17, 15) is 18.4 Å². The van der Waals surface area contributed by atoms with E-state index in [0.29, 0.717) is 46.0 Å². The van der Waals surface area contributed by atoms with Gasteiger partial charge in [-0.3, -0.25) is 9.59 Å². The van der Waals surface area contributed by atoms with Crippen LogP contribution >= 0.6 is 46.4 Å². The van der Waals surface area contributed by atoms with Gasteiger partial charge in [0.1, 0.15) is 47.5 Å². The molecule has 8 aromatic carbocycles. The molecule has 0 radical (unpaired) electrons. The highest BCUT2D eigenvalue weighted by Crippen LogP contribution is 2.46. The van der Waals surface area contributed by atoms with Crippen molar-refractivity contribution in [3.8, 4) is 11.5 Å². The molecule has 2 aliphatic rings. The molecule has 6 atom stereocenters. The summed E-state index contributed by atoms with van der Waals surface area (Å²) < 4.78 is 50.9. The Balaban J connectivity index is 0.000000186. The Labute approximate surface area is 461 Å². The number of amides is 2. The van der Waals surface area contributed by atoms with Crippen molar-refractivity contribution in [3.05, 3.63) is 270 Å². The quantitative estimate of drug-likeness (QED) is 0.108. The van der Waals surface area contributed by atoms with Gasteiger partial charge >= 0.3 is 0 Å². The first-order valence-electron chi connectivity index (χ1n) is 24.5. The van der Waals surface area contributed by atoms with Crippen LogP contribution in [-0.4, -0.2) is 48.0 Å². The third-order valence-electron chi connectivity index (χ3n) is 13.5. The van der Waals surface area contributed by atoms with Crippen LogP contribution in [0.1, 0.15) is 68.8 Å². The first-order chi connectivity index (χ1) is 36.8. The van der Waals surface area contributed by atoms with Gasteiger partial charge in [0.05, 0.1) is 26.3 Å². The van der Waals surface area contributed by atoms with Crippen molar-refractivity contribution in [2.45, 2.75) is 62.4 Å². The number of carbonyl (C=O) groups excluding carboxylic acids is 2. The Morgan fingerprint density at radius 3 is 0.961 bits per heavy atom. The van der Waals surface area contributed by atoms with Crippen molar-refractivity contribution >= 4 is 58.2 Å². The SMILES string of the molecule is COc1ccc(CN2C(=O)[C@@H](Cc3ccc(F)cc3)O[C@H](c3ccc(Cl)cc3)[C@@H]2c2ccc(Cl)cc2)cc1.COc1ccc(CN2C(=O)[C@H](Cc3ccc(F)cc3)O[C@@H](c3ccc(Cl)cc3)[C@H]2c2ccc(Cl)cc2)cc1. The molecule has 2 heterocycles. The lowest BCUT2D eigenvalue weighted by Gasteiger charge is -2.45. The predicted molar refractivity (Wildman–Crippen MR) is 294 cm³/mol. The Bertz CT molecular complexity index is 2970. The lowest BCUT2D eigenvalue weighted by Crippen LogP contribution is -2.51. The number of morpholine rings is 2. The lowest BCUT2D eigenvalue weighted by molar-refractivity contribution is -0.175. The summed E-state index contributed by atoms with van der Waals surface area (Å²) >= 11 is 24.8. The number of hydrogen-bond donors (Lipinski definition) is 0. The summed E-state index contributed by atoms with van der Waals surface area (Å²) in [6, 6.07) is 56.7. The molecule has 0 spiro atoms. The molecule has 0 aliphatic carbocycles. The van der Waals surface area contributed by atoms with Crippen molar-refractivity contribution in [2.24, 2.45) is 0 Å². The van der Waals surface area contributed by atoms with E-state index >= 15 is 0 Å². The number of carbonyl (C=O) groups is 2. The number of halogens is 6. The van der Waals surface area contributed by atoms with E-state index in [2.05, 4.69) is 0 Å². The summed E-state index contributed by atoms with van der Waals surface area (Å²) in [7, 11) is 3.24. The Morgan fingerprint density at radius 1 is 0.395 bits per heavy atom. The summed E-state index contributed by atoms with van der Waals surface area (Å²) in [6.45, 7) is 0.729. The molecule has 8 nitrogen and oxygen atoms in total. The van der Waals surface area contributed by atoms with Crippen LogP contribution in [0.25, 0.3) is 0 Å². The van der Waals surface area contributed by atoms with Crippen LogP contribution in [-0.2, 0) is 45.0 Å². The monoisotopic (exact) mass is 1100 g/mol. The molecule has 2 saturated heterocycles. The zero-order chi connectivity index (χ0) is 53.3. The maximum atomic E-state index is 14.1. The van der Waals surface area contributed by atoms with Crippen LogP contribution in [0.15, 0.2) is 194 Å². The first kappa shape index (κ1) is 54.0. The molecule has 2 amide bonds. The summed E-state index contributed by atoms with van der Waals surface area (Å²) in [4.78, 5) is 31.8. The van der Waals surface area contributed by atoms with Gasteiger partial charge in [0, 0.05) is 46.0 Å². The van der Waals surface area contributed by atoms with Crippen molar-refractivity contribution in [1.29, 1.82) is 0 Å². The van der Waals surface area contributed by atoms with E-state index in [4.69, 9.17) is 65.4 Å². The second-order valence-corrected chi connectivity index (χ2v) is 20.2. The molecular formula is C62H52Cl4F2N2O6. The topological polar surface area (TPSA) is 77.5 Å². The van der Waals surface area contributed by atoms with Crippen LogP contribution in [0.4, 0.5) is 8.78 Å². The Kier molecular flexibility index (Phi) is 17.7. The second kappa shape index (κ2) is 24.9. The Morgan fingerprint density at radius 2 is 0.671 bits per heavy atom. The van der Waals surface area contributed by atoms with Crippen molar-refractivity contribution in [1.82, 2.24) is 9.80 Å². The summed E-state index contributed by atoms with van der Waals surface area (Å²) in [5.74, 6) is 0.542. The van der Waals surface area contributed by atoms with Crippen molar-refractivity contribution in [2.75, 3.05) is 14.2 Å². The minimum absolute atomic E-state index is 0.143. The predicted octanol–water partition coefficient (Wildman–Crippen LogP) is 15.2. The summed E-state index contributed by atoms with van der Waals surface area (Å²) in [5.41, 5.74) is 7.12. The molecule has 0 N–H and O–H groups in total. The molecule has 8 aromatic rings. The van der Waals surface area contributed by atoms with Gasteiger partial charge in [-0.05, 0) is 142 Å². The van der Waals surface area contributed by atoms with Crippen molar-refractivity contribution < 1.29 is 37.3 Å². The lowest BCUT2D eigenvalue weighted by atomic mass is 9.90. The summed E-state index contributed by atoms with van der Waals surface area (Å²) in [6.07, 6.45) is -1.85. The standard InChI is InChI=1S/2C31H26Cl2FNO3/c2*1-37-27-16-4-21(5-17-27)19-35-29(22-6-10-24(32)11-7-22)30(23-8-12-25(33)13-9-23)38-28(31(35)36)18-20-2-14-26(34)15-3-20/h2*2-17,28-30H,18-19H2,1H3/t2*28-,29+,30-/m10/s1. The van der Waals surface area contributed by atoms with Gasteiger partial charge in [-0.25, -0.2) is 8.78 Å². The molecule has 0 aromatic heterocycles. The number of methoxy groups -OCH3 is 2. The molecular weight excluding hydrogens is 1050 g/mol. The molecule has 10 rings (SSSR count). The highest BCUT2D eigenvalue weighted by Gasteiger charge is 2.45. The van der Waals surface area contributed by atoms with Gasteiger partial charge in [0.2, 0.25) is 0 Å². The molecule has 76 heavy (non-hydrogen) atoms. The highest BCUT2D eigenvalue weighted by atomic mass is 35.5. The zero-order valence-electron chi connectivity index (χ0n) is 41.4. The Hall–Kier alpha value is -6.76. The van der Waals surface area contributed by atoms with Gasteiger partial charge in [-0.15, -0.1) is 0 Å². The van der Waals surface area contributed by atoms with Crippen LogP contribution in [0.3, 0.4) is 0 Å². The average Bonchev–Trinajstić information content (AvgIpc) is 3.44. The van der Waals surface area contributed by atoms with Gasteiger partial charge in [0.15, 0.2) is 0 Å². The number of hydrogen-bond acceptors (Lipinski definition) is 6. The third kappa shape index (κ3) is 13.2. The average molecular weight is 1100 g/mol. The largest absolute Gasteiger partial charge is 0.497 e. The van der Waals surface area contributed by atoms with E-state index in [-0.39, 0.29) is 23.4 Å². The smallest absolute Gasteiger partial charge is 0.253 e. The van der Waals surface area contributed by atoms with Crippen LogP contribution in [0, 0.1) is 11.6 Å². The fourth-order valence-electron chi connectivity index (χ4n) is 9.59. The molecule has 2 aliphatic heterocycles. The zero-order valence-corrected chi connectivity index (χ0v) is 44.4. The van der Waals surface area contributed by atoms with E-state index in [1.165, 1.54) is 24.3 Å². The van der Waals surface area contributed by atoms with Gasteiger partial charge < -0.3 is 28.7 Å². The minimum Gasteiger partial charge on any atom is -0.497 e. The summed E-state index contributed by atoms with van der Waals surface area (Å²) in [5, 5.41) is 2.44. The number of ether oxygens (including phenoxy) is 4. The molecule has 0 saturated carbocycles. The third-order valence-corrected chi connectivity index (χ3v) is 14.5. The van der Waals surface area contributed by atoms with Gasteiger partial charge in [-0.2, -0.15) is 0 Å². The normalized spacial score (nSPS) is 19.4. The second-order valence-electron chi connectivity index (χ2n) is 18.5.